The Morgan fingerprint density at radius 3 is 2.35 bits per heavy atom. The highest BCUT2D eigenvalue weighted by Gasteiger charge is 2.29. The molecule has 1 fully saturated rings. The number of hydrogen-bond acceptors (Lipinski definition) is 4. The third kappa shape index (κ3) is 3.37. The van der Waals surface area contributed by atoms with Crippen molar-refractivity contribution in [3.8, 4) is 0 Å². The largest absolute Gasteiger partial charge is 0.420 e. The molecule has 0 bridgehead atoms. The lowest BCUT2D eigenvalue weighted by Crippen LogP contribution is -2.24. The molecule has 2 N–H and O–H groups in total. The monoisotopic (exact) mass is 351 g/mol. The summed E-state index contributed by atoms with van der Waals surface area (Å²) >= 11 is 0. The van der Waals surface area contributed by atoms with Crippen molar-refractivity contribution in [1.82, 2.24) is 4.57 Å². The first-order valence-corrected chi connectivity index (χ1v) is 8.39. The minimum absolute atomic E-state index is 0.0352. The summed E-state index contributed by atoms with van der Waals surface area (Å²) in [4.78, 5) is 35.9. The first kappa shape index (κ1) is 16.1. The summed E-state index contributed by atoms with van der Waals surface area (Å²) in [5.74, 6) is -0.738. The molecule has 7 heteroatoms. The molecule has 3 aromatic rings. The van der Waals surface area contributed by atoms with Gasteiger partial charge in [-0.05, 0) is 49.2 Å². The van der Waals surface area contributed by atoms with Crippen LogP contribution in [-0.2, 0) is 16.1 Å². The van der Waals surface area contributed by atoms with Crippen LogP contribution in [0.5, 0.6) is 0 Å². The van der Waals surface area contributed by atoms with Gasteiger partial charge in [0.2, 0.25) is 11.8 Å². The lowest BCUT2D eigenvalue weighted by Gasteiger charge is -2.08. The molecule has 0 aliphatic heterocycles. The number of para-hydroxylation sites is 2. The van der Waals surface area contributed by atoms with E-state index in [-0.39, 0.29) is 24.3 Å². The maximum Gasteiger partial charge on any atom is 0.420 e. The van der Waals surface area contributed by atoms with Crippen molar-refractivity contribution in [2.24, 2.45) is 5.92 Å². The van der Waals surface area contributed by atoms with Gasteiger partial charge in [0.1, 0.15) is 6.54 Å². The zero-order chi connectivity index (χ0) is 18.1. The molecule has 26 heavy (non-hydrogen) atoms. The summed E-state index contributed by atoms with van der Waals surface area (Å²) in [5.41, 5.74) is 2.30. The average molecular weight is 351 g/mol. The fourth-order valence-electron chi connectivity index (χ4n) is 2.73. The van der Waals surface area contributed by atoms with Crippen molar-refractivity contribution in [1.29, 1.82) is 0 Å². The Balaban J connectivity index is 1.42. The molecule has 1 aliphatic rings. The number of carbonyl (C=O) groups is 2. The van der Waals surface area contributed by atoms with Gasteiger partial charge in [0.15, 0.2) is 5.58 Å². The van der Waals surface area contributed by atoms with Gasteiger partial charge in [0.25, 0.3) is 0 Å². The summed E-state index contributed by atoms with van der Waals surface area (Å²) in [6.07, 6.45) is 1.89. The number of rotatable bonds is 5. The second kappa shape index (κ2) is 6.51. The predicted molar refractivity (Wildman–Crippen MR) is 96.9 cm³/mol. The van der Waals surface area contributed by atoms with E-state index in [2.05, 4.69) is 10.6 Å². The summed E-state index contributed by atoms with van der Waals surface area (Å²) in [6, 6.07) is 13.8. The van der Waals surface area contributed by atoms with Crippen LogP contribution in [0.2, 0.25) is 0 Å². The van der Waals surface area contributed by atoms with Crippen LogP contribution in [0.15, 0.2) is 57.7 Å². The topological polar surface area (TPSA) is 93.3 Å². The second-order valence-electron chi connectivity index (χ2n) is 6.31. The van der Waals surface area contributed by atoms with E-state index >= 15 is 0 Å². The van der Waals surface area contributed by atoms with Gasteiger partial charge in [0.05, 0.1) is 5.52 Å². The molecule has 1 aromatic heterocycles. The smallest absolute Gasteiger partial charge is 0.408 e. The van der Waals surface area contributed by atoms with E-state index in [1.54, 1.807) is 48.5 Å². The summed E-state index contributed by atoms with van der Waals surface area (Å²) in [6.45, 7) is -0.143. The Hall–Kier alpha value is -3.35. The molecular formula is C19H17N3O4. The molecule has 7 nitrogen and oxygen atoms in total. The number of carbonyl (C=O) groups excluding carboxylic acids is 2. The molecule has 0 spiro atoms. The van der Waals surface area contributed by atoms with E-state index < -0.39 is 5.76 Å². The number of benzene rings is 2. The molecule has 1 heterocycles. The first-order chi connectivity index (χ1) is 12.6. The lowest BCUT2D eigenvalue weighted by molar-refractivity contribution is -0.117. The van der Waals surface area contributed by atoms with Crippen LogP contribution in [0.1, 0.15) is 12.8 Å². The third-order valence-electron chi connectivity index (χ3n) is 4.26. The number of nitrogens with one attached hydrogen (secondary N) is 2. The van der Waals surface area contributed by atoms with Crippen molar-refractivity contribution in [2.75, 3.05) is 10.6 Å². The van der Waals surface area contributed by atoms with Crippen LogP contribution in [0.3, 0.4) is 0 Å². The minimum atomic E-state index is -0.570. The van der Waals surface area contributed by atoms with Crippen molar-refractivity contribution >= 4 is 34.3 Å². The summed E-state index contributed by atoms with van der Waals surface area (Å²) in [7, 11) is 0. The van der Waals surface area contributed by atoms with Crippen LogP contribution >= 0.6 is 0 Å². The Labute approximate surface area is 148 Å². The highest BCUT2D eigenvalue weighted by atomic mass is 16.4. The van der Waals surface area contributed by atoms with E-state index in [0.29, 0.717) is 22.5 Å². The van der Waals surface area contributed by atoms with Crippen molar-refractivity contribution in [3.05, 3.63) is 59.1 Å². The minimum Gasteiger partial charge on any atom is -0.408 e. The Morgan fingerprint density at radius 2 is 1.65 bits per heavy atom. The van der Waals surface area contributed by atoms with E-state index in [4.69, 9.17) is 4.42 Å². The van der Waals surface area contributed by atoms with E-state index in [1.807, 2.05) is 0 Å². The Kier molecular flexibility index (Phi) is 4.04. The van der Waals surface area contributed by atoms with E-state index in [0.717, 1.165) is 12.8 Å². The highest BCUT2D eigenvalue weighted by Crippen LogP contribution is 2.30. The van der Waals surface area contributed by atoms with E-state index in [1.165, 1.54) is 4.57 Å². The molecule has 0 unspecified atom stereocenters. The number of nitrogens with zero attached hydrogens (tertiary/aromatic N) is 1. The number of oxazole rings is 1. The normalized spacial score (nSPS) is 13.5. The summed E-state index contributed by atoms with van der Waals surface area (Å²) in [5, 5.41) is 5.57. The van der Waals surface area contributed by atoms with Gasteiger partial charge >= 0.3 is 5.76 Å². The van der Waals surface area contributed by atoms with Crippen LogP contribution in [-0.4, -0.2) is 16.4 Å². The molecule has 2 amide bonds. The fraction of sp³-hybridized carbons (Fsp3) is 0.211. The molecule has 1 aliphatic carbocycles. The molecule has 132 valence electrons. The fourth-order valence-corrected chi connectivity index (χ4v) is 2.73. The van der Waals surface area contributed by atoms with Gasteiger partial charge in [0, 0.05) is 17.3 Å². The van der Waals surface area contributed by atoms with Gasteiger partial charge in [-0.15, -0.1) is 0 Å². The van der Waals surface area contributed by atoms with Crippen LogP contribution < -0.4 is 16.4 Å². The number of aromatic nitrogens is 1. The Morgan fingerprint density at radius 1 is 1.00 bits per heavy atom. The van der Waals surface area contributed by atoms with Crippen LogP contribution in [0.4, 0.5) is 11.4 Å². The summed E-state index contributed by atoms with van der Waals surface area (Å²) < 4.78 is 6.40. The number of anilines is 2. The standard InChI is InChI=1S/C19H17N3O4/c23-17(11-22-15-3-1-2-4-16(15)26-19(22)25)20-13-7-9-14(10-8-13)21-18(24)12-5-6-12/h1-4,7-10,12H,5-6,11H2,(H,20,23)(H,21,24). The zero-order valence-corrected chi connectivity index (χ0v) is 13.9. The molecule has 4 rings (SSSR count). The van der Waals surface area contributed by atoms with Crippen molar-refractivity contribution in [3.63, 3.8) is 0 Å². The molecule has 1 saturated carbocycles. The molecule has 0 radical (unpaired) electrons. The molecule has 0 saturated heterocycles. The zero-order valence-electron chi connectivity index (χ0n) is 13.9. The maximum atomic E-state index is 12.3. The van der Waals surface area contributed by atoms with Crippen LogP contribution in [0, 0.1) is 5.92 Å². The van der Waals surface area contributed by atoms with Gasteiger partial charge in [-0.2, -0.15) is 0 Å². The lowest BCUT2D eigenvalue weighted by atomic mass is 10.2. The third-order valence-corrected chi connectivity index (χ3v) is 4.26. The van der Waals surface area contributed by atoms with Gasteiger partial charge < -0.3 is 15.1 Å². The number of hydrogen-bond donors (Lipinski definition) is 2. The SMILES string of the molecule is O=C(Cn1c(=O)oc2ccccc21)Nc1ccc(NC(=O)C2CC2)cc1. The predicted octanol–water partition coefficient (Wildman–Crippen LogP) is 2.58. The number of fused-ring (bicyclic) bond motifs is 1. The maximum absolute atomic E-state index is 12.3. The van der Waals surface area contributed by atoms with Gasteiger partial charge in [-0.1, -0.05) is 12.1 Å². The molecule has 2 aromatic carbocycles. The molecule has 0 atom stereocenters. The number of amides is 2. The van der Waals surface area contributed by atoms with Crippen molar-refractivity contribution in [2.45, 2.75) is 19.4 Å². The quantitative estimate of drug-likeness (QED) is 0.739. The first-order valence-electron chi connectivity index (χ1n) is 8.39. The van der Waals surface area contributed by atoms with Crippen molar-refractivity contribution < 1.29 is 14.0 Å². The highest BCUT2D eigenvalue weighted by molar-refractivity contribution is 5.95. The Bertz CT molecular complexity index is 1030. The van der Waals surface area contributed by atoms with Gasteiger partial charge in [-0.3, -0.25) is 14.2 Å². The van der Waals surface area contributed by atoms with E-state index in [9.17, 15) is 14.4 Å². The average Bonchev–Trinajstić information content (AvgIpc) is 3.43. The van der Waals surface area contributed by atoms with Gasteiger partial charge in [-0.25, -0.2) is 4.79 Å². The van der Waals surface area contributed by atoms with Crippen LogP contribution in [0.25, 0.3) is 11.1 Å². The molecular weight excluding hydrogens is 334 g/mol. The second-order valence-corrected chi connectivity index (χ2v) is 6.31.